The Hall–Kier alpha value is -4.41. The molecule has 0 atom stereocenters. The van der Waals surface area contributed by atoms with E-state index in [0.29, 0.717) is 22.1 Å². The number of nitriles is 1. The van der Waals surface area contributed by atoms with Crippen LogP contribution in [0.5, 0.6) is 11.6 Å². The quantitative estimate of drug-likeness (QED) is 0.337. The Kier molecular flexibility index (Phi) is 6.20. The smallest absolute Gasteiger partial charge is 0.269 e. The van der Waals surface area contributed by atoms with Gasteiger partial charge in [0.25, 0.3) is 11.5 Å². The number of anilines is 1. The molecule has 0 aliphatic rings. The number of rotatable bonds is 5. The van der Waals surface area contributed by atoms with E-state index < -0.39 is 11.5 Å². The molecule has 0 aliphatic carbocycles. The summed E-state index contributed by atoms with van der Waals surface area (Å²) in [6.45, 7) is 1.84. The van der Waals surface area contributed by atoms with Crippen molar-refractivity contribution in [3.8, 4) is 17.7 Å². The van der Waals surface area contributed by atoms with Crippen LogP contribution in [0.1, 0.15) is 11.1 Å². The van der Waals surface area contributed by atoms with E-state index in [4.69, 9.17) is 16.3 Å². The molecule has 7 nitrogen and oxygen atoms in total. The number of aromatic nitrogens is 2. The topological polar surface area (TPSA) is 96.5 Å². The number of carbonyl (C=O) groups excluding carboxylic acids is 1. The van der Waals surface area contributed by atoms with Crippen LogP contribution >= 0.6 is 11.6 Å². The van der Waals surface area contributed by atoms with Crippen LogP contribution in [0.15, 0.2) is 83.3 Å². The number of pyridine rings is 1. The van der Waals surface area contributed by atoms with Gasteiger partial charge in [0.05, 0.1) is 0 Å². The molecule has 8 heteroatoms. The highest BCUT2D eigenvalue weighted by Crippen LogP contribution is 2.25. The van der Waals surface area contributed by atoms with Gasteiger partial charge in [0.15, 0.2) is 0 Å². The van der Waals surface area contributed by atoms with Crippen molar-refractivity contribution in [2.75, 3.05) is 5.32 Å². The molecule has 0 saturated carbocycles. The zero-order chi connectivity index (χ0) is 23.4. The number of carbonyl (C=O) groups is 1. The number of para-hydroxylation sites is 1. The minimum Gasteiger partial charge on any atom is -0.438 e. The molecular formula is C25H17ClN4O3. The molecule has 0 saturated heterocycles. The summed E-state index contributed by atoms with van der Waals surface area (Å²) in [5, 5.41) is 12.9. The summed E-state index contributed by atoms with van der Waals surface area (Å²) in [5.74, 6) is -0.295. The van der Waals surface area contributed by atoms with Crippen molar-refractivity contribution in [1.82, 2.24) is 9.38 Å². The number of hydrogen-bond donors (Lipinski definition) is 1. The summed E-state index contributed by atoms with van der Waals surface area (Å²) >= 11 is 5.93. The van der Waals surface area contributed by atoms with Crippen molar-refractivity contribution in [2.45, 2.75) is 6.92 Å². The SMILES string of the molecule is Cc1ccccc1NC(=O)/C(C#N)=C\c1c(Oc2ccc(Cl)cc2)nc2ccccn2c1=O. The summed E-state index contributed by atoms with van der Waals surface area (Å²) < 4.78 is 7.16. The highest BCUT2D eigenvalue weighted by atomic mass is 35.5. The third kappa shape index (κ3) is 4.76. The van der Waals surface area contributed by atoms with Crippen molar-refractivity contribution in [3.63, 3.8) is 0 Å². The molecule has 0 unspecified atom stereocenters. The Labute approximate surface area is 194 Å². The number of benzene rings is 2. The van der Waals surface area contributed by atoms with Gasteiger partial charge in [-0.3, -0.25) is 14.0 Å². The molecule has 2 aromatic carbocycles. The second kappa shape index (κ2) is 9.39. The molecule has 1 amide bonds. The summed E-state index contributed by atoms with van der Waals surface area (Å²) in [5.41, 5.74) is 0.962. The predicted molar refractivity (Wildman–Crippen MR) is 126 cm³/mol. The van der Waals surface area contributed by atoms with E-state index in [9.17, 15) is 14.9 Å². The van der Waals surface area contributed by atoms with E-state index in [0.717, 1.165) is 5.56 Å². The molecule has 162 valence electrons. The third-order valence-corrected chi connectivity index (χ3v) is 5.06. The highest BCUT2D eigenvalue weighted by Gasteiger charge is 2.18. The Morgan fingerprint density at radius 3 is 2.58 bits per heavy atom. The van der Waals surface area contributed by atoms with Crippen molar-refractivity contribution in [1.29, 1.82) is 5.26 Å². The first-order chi connectivity index (χ1) is 16.0. The fourth-order valence-electron chi connectivity index (χ4n) is 3.09. The lowest BCUT2D eigenvalue weighted by Gasteiger charge is -2.11. The van der Waals surface area contributed by atoms with Gasteiger partial charge in [-0.1, -0.05) is 35.9 Å². The number of halogens is 1. The van der Waals surface area contributed by atoms with Gasteiger partial charge in [0.1, 0.15) is 28.6 Å². The Balaban J connectivity index is 1.81. The van der Waals surface area contributed by atoms with Crippen molar-refractivity contribution in [3.05, 3.63) is 105 Å². The summed E-state index contributed by atoms with van der Waals surface area (Å²) in [4.78, 5) is 30.4. The van der Waals surface area contributed by atoms with Crippen LogP contribution in [0, 0.1) is 18.3 Å². The molecule has 4 aromatic rings. The minimum atomic E-state index is -0.651. The normalized spacial score (nSPS) is 11.1. The predicted octanol–water partition coefficient (Wildman–Crippen LogP) is 4.99. The standard InChI is InChI=1S/C25H17ClN4O3/c1-16-6-2-3-7-21(16)28-23(31)17(15-27)14-20-24(33-19-11-9-18(26)10-12-19)29-22-8-4-5-13-30(22)25(20)32/h2-14H,1H3,(H,28,31)/b17-14-. The Morgan fingerprint density at radius 2 is 1.85 bits per heavy atom. The number of fused-ring (bicyclic) bond motifs is 1. The molecule has 0 fully saturated rings. The lowest BCUT2D eigenvalue weighted by Crippen LogP contribution is -2.20. The first-order valence-electron chi connectivity index (χ1n) is 9.90. The number of hydrogen-bond acceptors (Lipinski definition) is 5. The summed E-state index contributed by atoms with van der Waals surface area (Å²) in [7, 11) is 0. The number of aryl methyl sites for hydroxylation is 1. The van der Waals surface area contributed by atoms with Crippen LogP contribution in [0.2, 0.25) is 5.02 Å². The molecular weight excluding hydrogens is 440 g/mol. The first-order valence-corrected chi connectivity index (χ1v) is 10.3. The number of ether oxygens (including phenoxy) is 1. The maximum atomic E-state index is 13.2. The van der Waals surface area contributed by atoms with E-state index in [1.165, 1.54) is 10.5 Å². The molecule has 0 aliphatic heterocycles. The third-order valence-electron chi connectivity index (χ3n) is 4.81. The average molecular weight is 457 g/mol. The monoisotopic (exact) mass is 456 g/mol. The van der Waals surface area contributed by atoms with E-state index in [2.05, 4.69) is 10.3 Å². The molecule has 33 heavy (non-hydrogen) atoms. The van der Waals surface area contributed by atoms with Gasteiger partial charge >= 0.3 is 0 Å². The number of nitrogens with zero attached hydrogens (tertiary/aromatic N) is 3. The van der Waals surface area contributed by atoms with Crippen LogP contribution in [0.25, 0.3) is 11.7 Å². The van der Waals surface area contributed by atoms with Crippen LogP contribution in [-0.2, 0) is 4.79 Å². The van der Waals surface area contributed by atoms with E-state index in [1.807, 2.05) is 25.1 Å². The summed E-state index contributed by atoms with van der Waals surface area (Å²) in [6, 6.07) is 20.6. The fourth-order valence-corrected chi connectivity index (χ4v) is 3.22. The lowest BCUT2D eigenvalue weighted by molar-refractivity contribution is -0.112. The second-order valence-corrected chi connectivity index (χ2v) is 7.50. The summed E-state index contributed by atoms with van der Waals surface area (Å²) in [6.07, 6.45) is 2.74. The van der Waals surface area contributed by atoms with Crippen LogP contribution < -0.4 is 15.6 Å². The maximum absolute atomic E-state index is 13.2. The van der Waals surface area contributed by atoms with Gasteiger partial charge in [-0.25, -0.2) is 0 Å². The molecule has 4 rings (SSSR count). The molecule has 2 aromatic heterocycles. The molecule has 0 spiro atoms. The maximum Gasteiger partial charge on any atom is 0.269 e. The fraction of sp³-hybridized carbons (Fsp3) is 0.0400. The van der Waals surface area contributed by atoms with Gasteiger partial charge in [0, 0.05) is 16.9 Å². The zero-order valence-corrected chi connectivity index (χ0v) is 18.2. The average Bonchev–Trinajstić information content (AvgIpc) is 2.82. The Bertz CT molecular complexity index is 1480. The van der Waals surface area contributed by atoms with E-state index in [1.54, 1.807) is 60.8 Å². The van der Waals surface area contributed by atoms with Gasteiger partial charge < -0.3 is 10.1 Å². The minimum absolute atomic E-state index is 0.0369. The molecule has 0 radical (unpaired) electrons. The van der Waals surface area contributed by atoms with Crippen molar-refractivity contribution >= 4 is 34.9 Å². The Morgan fingerprint density at radius 1 is 1.12 bits per heavy atom. The second-order valence-electron chi connectivity index (χ2n) is 7.06. The van der Waals surface area contributed by atoms with Crippen molar-refractivity contribution in [2.24, 2.45) is 0 Å². The van der Waals surface area contributed by atoms with Crippen LogP contribution in [0.3, 0.4) is 0 Å². The van der Waals surface area contributed by atoms with Gasteiger partial charge in [-0.15, -0.1) is 0 Å². The molecule has 1 N–H and O–H groups in total. The van der Waals surface area contributed by atoms with Crippen LogP contribution in [-0.4, -0.2) is 15.3 Å². The lowest BCUT2D eigenvalue weighted by atomic mass is 10.1. The van der Waals surface area contributed by atoms with Gasteiger partial charge in [-0.2, -0.15) is 10.2 Å². The highest BCUT2D eigenvalue weighted by molar-refractivity contribution is 6.30. The van der Waals surface area contributed by atoms with Gasteiger partial charge in [-0.05, 0) is 61.0 Å². The van der Waals surface area contributed by atoms with Crippen LogP contribution in [0.4, 0.5) is 5.69 Å². The number of nitrogens with one attached hydrogen (secondary N) is 1. The molecule has 2 heterocycles. The zero-order valence-electron chi connectivity index (χ0n) is 17.4. The molecule has 0 bridgehead atoms. The largest absolute Gasteiger partial charge is 0.438 e. The van der Waals surface area contributed by atoms with E-state index in [-0.39, 0.29) is 17.0 Å². The van der Waals surface area contributed by atoms with E-state index >= 15 is 0 Å². The van der Waals surface area contributed by atoms with Crippen molar-refractivity contribution < 1.29 is 9.53 Å². The van der Waals surface area contributed by atoms with Gasteiger partial charge in [0.2, 0.25) is 5.88 Å². The number of amides is 1. The first kappa shape index (κ1) is 21.8.